The van der Waals surface area contributed by atoms with E-state index in [1.165, 1.54) is 11.0 Å². The summed E-state index contributed by atoms with van der Waals surface area (Å²) in [4.78, 5) is 30.2. The van der Waals surface area contributed by atoms with Crippen molar-refractivity contribution >= 4 is 29.0 Å². The Morgan fingerprint density at radius 1 is 1.21 bits per heavy atom. The molecule has 174 valence electrons. The van der Waals surface area contributed by atoms with Crippen LogP contribution in [0.25, 0.3) is 11.0 Å². The lowest BCUT2D eigenvalue weighted by Crippen LogP contribution is -2.36. The molecule has 4 rings (SSSR count). The number of nitrogens with one attached hydrogen (secondary N) is 1. The number of benzene rings is 2. The number of aromatic nitrogens is 2. The van der Waals surface area contributed by atoms with Crippen molar-refractivity contribution in [3.8, 4) is 0 Å². The molecular formula is C22H21F3N4O4. The van der Waals surface area contributed by atoms with Gasteiger partial charge in [0, 0.05) is 18.7 Å². The smallest absolute Gasteiger partial charge is 0.416 e. The van der Waals surface area contributed by atoms with Crippen LogP contribution in [0.2, 0.25) is 0 Å². The Hall–Kier alpha value is -3.60. The van der Waals surface area contributed by atoms with Gasteiger partial charge in [-0.25, -0.2) is 9.78 Å². The number of alkyl halides is 3. The number of nitrogens with zero attached hydrogens (tertiary/aromatic N) is 3. The van der Waals surface area contributed by atoms with Gasteiger partial charge in [-0.05, 0) is 36.8 Å². The summed E-state index contributed by atoms with van der Waals surface area (Å²) in [6.07, 6.45) is -5.68. The molecule has 1 fully saturated rings. The lowest BCUT2D eigenvalue weighted by molar-refractivity contribution is -0.137. The summed E-state index contributed by atoms with van der Waals surface area (Å²) in [5.41, 5.74) is 0.960. The molecule has 0 radical (unpaired) electrons. The van der Waals surface area contributed by atoms with Gasteiger partial charge in [0.2, 0.25) is 5.95 Å². The molecule has 0 aliphatic carbocycles. The first-order chi connectivity index (χ1) is 15.6. The monoisotopic (exact) mass is 462 g/mol. The van der Waals surface area contributed by atoms with Crippen LogP contribution < -0.4 is 5.32 Å². The number of hydrogen-bond acceptors (Lipinski definition) is 4. The highest BCUT2D eigenvalue weighted by Gasteiger charge is 2.31. The fraction of sp³-hybridized carbons (Fsp3) is 0.318. The van der Waals surface area contributed by atoms with Crippen LogP contribution in [0.4, 0.5) is 23.9 Å². The molecule has 33 heavy (non-hydrogen) atoms. The first-order valence-corrected chi connectivity index (χ1v) is 10.2. The molecule has 1 unspecified atom stereocenters. The molecule has 0 spiro atoms. The van der Waals surface area contributed by atoms with Gasteiger partial charge in [-0.2, -0.15) is 13.2 Å². The number of aryl methyl sites for hydroxylation is 1. The number of halogens is 3. The minimum Gasteiger partial charge on any atom is -0.465 e. The second kappa shape index (κ2) is 8.74. The van der Waals surface area contributed by atoms with Gasteiger partial charge in [0.1, 0.15) is 0 Å². The van der Waals surface area contributed by atoms with Crippen LogP contribution in [0.5, 0.6) is 0 Å². The summed E-state index contributed by atoms with van der Waals surface area (Å²) in [6, 6.07) is 8.98. The molecule has 2 N–H and O–H groups in total. The number of carbonyl (C=O) groups is 2. The van der Waals surface area contributed by atoms with E-state index in [1.54, 1.807) is 16.7 Å². The Kier molecular flexibility index (Phi) is 5.98. The Morgan fingerprint density at radius 3 is 2.70 bits per heavy atom. The van der Waals surface area contributed by atoms with Crippen LogP contribution >= 0.6 is 0 Å². The number of hydrogen-bond donors (Lipinski definition) is 2. The number of rotatable bonds is 3. The Morgan fingerprint density at radius 2 is 1.97 bits per heavy atom. The van der Waals surface area contributed by atoms with E-state index in [4.69, 9.17) is 4.74 Å². The number of fused-ring (bicyclic) bond motifs is 1. The third-order valence-electron chi connectivity index (χ3n) is 5.47. The number of amides is 2. The summed E-state index contributed by atoms with van der Waals surface area (Å²) >= 11 is 0. The molecule has 2 aromatic carbocycles. The van der Waals surface area contributed by atoms with Gasteiger partial charge in [0.05, 0.1) is 35.9 Å². The average molecular weight is 462 g/mol. The average Bonchev–Trinajstić information content (AvgIpc) is 2.95. The van der Waals surface area contributed by atoms with Crippen molar-refractivity contribution in [2.24, 2.45) is 0 Å². The zero-order valence-electron chi connectivity index (χ0n) is 17.6. The minimum absolute atomic E-state index is 0.0988. The normalized spacial score (nSPS) is 17.1. The maximum absolute atomic E-state index is 13.1. The fourth-order valence-corrected chi connectivity index (χ4v) is 3.90. The predicted octanol–water partition coefficient (Wildman–Crippen LogP) is 4.17. The zero-order valence-corrected chi connectivity index (χ0v) is 17.6. The molecule has 2 heterocycles. The van der Waals surface area contributed by atoms with Gasteiger partial charge in [0.15, 0.2) is 0 Å². The standard InChI is InChI=1S/C22H21F3N4O4/c1-13-4-2-7-17-18(13)29(16-11-28(21(31)32)8-9-33-12-16)20(26-17)27-19(30)14-5-3-6-15(10-14)22(23,24)25/h2-7,10,16H,8-9,11-12H2,1H3,(H,31,32)(H,26,27,30). The van der Waals surface area contributed by atoms with Crippen molar-refractivity contribution in [1.29, 1.82) is 0 Å². The van der Waals surface area contributed by atoms with Gasteiger partial charge in [0.25, 0.3) is 5.91 Å². The summed E-state index contributed by atoms with van der Waals surface area (Å²) in [5, 5.41) is 12.1. The lowest BCUT2D eigenvalue weighted by atomic mass is 10.1. The van der Waals surface area contributed by atoms with E-state index in [-0.39, 0.29) is 37.8 Å². The molecule has 0 bridgehead atoms. The molecule has 2 amide bonds. The molecule has 8 nitrogen and oxygen atoms in total. The molecule has 1 saturated heterocycles. The van der Waals surface area contributed by atoms with E-state index in [1.807, 2.05) is 13.0 Å². The number of carbonyl (C=O) groups excluding carboxylic acids is 1. The van der Waals surface area contributed by atoms with Crippen molar-refractivity contribution in [2.75, 3.05) is 31.6 Å². The molecule has 11 heteroatoms. The number of carboxylic acid groups (broad SMARTS) is 1. The number of ether oxygens (including phenoxy) is 1. The number of anilines is 1. The van der Waals surface area contributed by atoms with Crippen molar-refractivity contribution in [3.63, 3.8) is 0 Å². The fourth-order valence-electron chi connectivity index (χ4n) is 3.90. The van der Waals surface area contributed by atoms with Crippen LogP contribution in [0.1, 0.15) is 27.5 Å². The number of imidazole rings is 1. The van der Waals surface area contributed by atoms with Crippen LogP contribution in [0.15, 0.2) is 42.5 Å². The third-order valence-corrected chi connectivity index (χ3v) is 5.47. The molecule has 3 aromatic rings. The van der Waals surface area contributed by atoms with Crippen molar-refractivity contribution in [2.45, 2.75) is 19.1 Å². The number of para-hydroxylation sites is 1. The topological polar surface area (TPSA) is 96.7 Å². The van der Waals surface area contributed by atoms with Gasteiger partial charge in [-0.3, -0.25) is 10.1 Å². The second-order valence-electron chi connectivity index (χ2n) is 7.74. The highest BCUT2D eigenvalue weighted by Crippen LogP contribution is 2.31. The van der Waals surface area contributed by atoms with E-state index in [0.29, 0.717) is 11.0 Å². The molecule has 1 aromatic heterocycles. The maximum atomic E-state index is 13.1. The van der Waals surface area contributed by atoms with Crippen molar-refractivity contribution in [1.82, 2.24) is 14.5 Å². The van der Waals surface area contributed by atoms with E-state index in [0.717, 1.165) is 23.8 Å². The highest BCUT2D eigenvalue weighted by atomic mass is 19.4. The first kappa shape index (κ1) is 22.6. The summed E-state index contributed by atoms with van der Waals surface area (Å²) in [7, 11) is 0. The first-order valence-electron chi connectivity index (χ1n) is 10.2. The molecular weight excluding hydrogens is 441 g/mol. The Balaban J connectivity index is 1.75. The Labute approximate surface area is 186 Å². The Bertz CT molecular complexity index is 1210. The maximum Gasteiger partial charge on any atom is 0.416 e. The zero-order chi connectivity index (χ0) is 23.8. The van der Waals surface area contributed by atoms with E-state index < -0.39 is 29.8 Å². The summed E-state index contributed by atoms with van der Waals surface area (Å²) in [5.74, 6) is -0.664. The predicted molar refractivity (Wildman–Crippen MR) is 113 cm³/mol. The molecule has 1 aliphatic heterocycles. The second-order valence-corrected chi connectivity index (χ2v) is 7.74. The molecule has 1 aliphatic rings. The van der Waals surface area contributed by atoms with Gasteiger partial charge in [-0.15, -0.1) is 0 Å². The van der Waals surface area contributed by atoms with E-state index >= 15 is 0 Å². The van der Waals surface area contributed by atoms with Crippen LogP contribution in [0, 0.1) is 6.92 Å². The highest BCUT2D eigenvalue weighted by molar-refractivity contribution is 6.04. The SMILES string of the molecule is Cc1cccc2nc(NC(=O)c3cccc(C(F)(F)F)c3)n(C3COCCN(C(=O)O)C3)c12. The van der Waals surface area contributed by atoms with Crippen molar-refractivity contribution < 1.29 is 32.6 Å². The summed E-state index contributed by atoms with van der Waals surface area (Å²) < 4.78 is 46.5. The minimum atomic E-state index is -4.58. The quantitative estimate of drug-likeness (QED) is 0.609. The molecule has 0 saturated carbocycles. The van der Waals surface area contributed by atoms with E-state index in [9.17, 15) is 27.9 Å². The largest absolute Gasteiger partial charge is 0.465 e. The molecule has 1 atom stereocenters. The van der Waals surface area contributed by atoms with Gasteiger partial charge >= 0.3 is 12.3 Å². The van der Waals surface area contributed by atoms with E-state index in [2.05, 4.69) is 10.3 Å². The van der Waals surface area contributed by atoms with Gasteiger partial charge < -0.3 is 19.3 Å². The van der Waals surface area contributed by atoms with Gasteiger partial charge in [-0.1, -0.05) is 18.2 Å². The van der Waals surface area contributed by atoms with Crippen LogP contribution in [0.3, 0.4) is 0 Å². The summed E-state index contributed by atoms with van der Waals surface area (Å²) in [6.45, 7) is 2.55. The van der Waals surface area contributed by atoms with Crippen LogP contribution in [-0.4, -0.2) is 57.9 Å². The lowest BCUT2D eigenvalue weighted by Gasteiger charge is -2.24. The third kappa shape index (κ3) is 4.63. The van der Waals surface area contributed by atoms with Crippen molar-refractivity contribution in [3.05, 3.63) is 59.2 Å². The van der Waals surface area contributed by atoms with Crippen LogP contribution in [-0.2, 0) is 10.9 Å².